The highest BCUT2D eigenvalue weighted by Crippen LogP contribution is 2.12. The summed E-state index contributed by atoms with van der Waals surface area (Å²) >= 11 is 0. The van der Waals surface area contributed by atoms with E-state index in [0.717, 1.165) is 12.8 Å². The van der Waals surface area contributed by atoms with E-state index in [4.69, 9.17) is 10.2 Å². The highest BCUT2D eigenvalue weighted by atomic mass is 16.3. The van der Waals surface area contributed by atoms with Crippen LogP contribution in [0.25, 0.3) is 0 Å². The molecule has 0 fully saturated rings. The second-order valence-electron chi connectivity index (χ2n) is 8.52. The van der Waals surface area contributed by atoms with Gasteiger partial charge in [0.1, 0.15) is 0 Å². The van der Waals surface area contributed by atoms with E-state index in [0.29, 0.717) is 13.2 Å². The molecule has 0 saturated carbocycles. The Morgan fingerprint density at radius 1 is 0.286 bits per heavy atom. The Hall–Kier alpha value is -0.0800. The molecule has 0 amide bonds. The lowest BCUT2D eigenvalue weighted by atomic mass is 10.1. The fourth-order valence-electron chi connectivity index (χ4n) is 3.55. The van der Waals surface area contributed by atoms with Gasteiger partial charge in [-0.2, -0.15) is 0 Å². The smallest absolute Gasteiger partial charge is 0.0431 e. The fourth-order valence-corrected chi connectivity index (χ4v) is 3.55. The molecule has 0 rings (SSSR count). The molecule has 0 unspecified atom stereocenters. The van der Waals surface area contributed by atoms with Gasteiger partial charge in [0.15, 0.2) is 0 Å². The lowest BCUT2D eigenvalue weighted by Crippen LogP contribution is -1.84. The predicted octanol–water partition coefficient (Wildman–Crippen LogP) is 8.58. The second-order valence-corrected chi connectivity index (χ2v) is 8.52. The fraction of sp³-hybridized carbons (Fsp3) is 1.00. The van der Waals surface area contributed by atoms with Crippen LogP contribution in [0.3, 0.4) is 0 Å². The first kappa shape index (κ1) is 30.1. The molecule has 2 heteroatoms. The van der Waals surface area contributed by atoms with Crippen LogP contribution < -0.4 is 0 Å². The topological polar surface area (TPSA) is 40.5 Å². The summed E-state index contributed by atoms with van der Waals surface area (Å²) in [7, 11) is 0. The van der Waals surface area contributed by atoms with Gasteiger partial charge < -0.3 is 10.2 Å². The molecule has 0 spiro atoms. The molecule has 0 aliphatic heterocycles. The van der Waals surface area contributed by atoms with E-state index in [1.54, 1.807) is 0 Å². The minimum absolute atomic E-state index is 0.372. The zero-order chi connectivity index (χ0) is 21.0. The Morgan fingerprint density at radius 3 is 0.643 bits per heavy atom. The van der Waals surface area contributed by atoms with Crippen molar-refractivity contribution in [3.05, 3.63) is 0 Å². The Balaban J connectivity index is 0. The average molecular weight is 401 g/mol. The second kappa shape index (κ2) is 31.6. The van der Waals surface area contributed by atoms with E-state index in [2.05, 4.69) is 13.8 Å². The third kappa shape index (κ3) is 33.5. The Bertz CT molecular complexity index is 208. The van der Waals surface area contributed by atoms with Crippen molar-refractivity contribution in [3.63, 3.8) is 0 Å². The summed E-state index contributed by atoms with van der Waals surface area (Å²) in [6, 6.07) is 0. The molecule has 0 radical (unpaired) electrons. The van der Waals surface area contributed by atoms with Crippen molar-refractivity contribution in [3.8, 4) is 0 Å². The summed E-state index contributed by atoms with van der Waals surface area (Å²) in [6.07, 6.45) is 29.6. The third-order valence-electron chi connectivity index (χ3n) is 5.52. The number of hydrogen-bond donors (Lipinski definition) is 2. The first-order valence-electron chi connectivity index (χ1n) is 13.0. The maximum absolute atomic E-state index is 8.61. The number of unbranched alkanes of at least 4 members (excludes halogenated alkanes) is 20. The van der Waals surface area contributed by atoms with E-state index in [9.17, 15) is 0 Å². The Labute approximate surface area is 178 Å². The van der Waals surface area contributed by atoms with Crippen LogP contribution in [0.1, 0.15) is 155 Å². The number of rotatable bonds is 22. The van der Waals surface area contributed by atoms with Crippen molar-refractivity contribution >= 4 is 0 Å². The van der Waals surface area contributed by atoms with Gasteiger partial charge in [0.05, 0.1) is 0 Å². The van der Waals surface area contributed by atoms with Crippen LogP contribution in [-0.4, -0.2) is 23.4 Å². The van der Waals surface area contributed by atoms with Crippen LogP contribution in [0.15, 0.2) is 0 Å². The van der Waals surface area contributed by atoms with E-state index in [-0.39, 0.29) is 0 Å². The highest BCUT2D eigenvalue weighted by molar-refractivity contribution is 4.48. The lowest BCUT2D eigenvalue weighted by molar-refractivity contribution is 0.282. The van der Waals surface area contributed by atoms with Gasteiger partial charge in [-0.05, 0) is 12.8 Å². The molecule has 0 saturated heterocycles. The van der Waals surface area contributed by atoms with Crippen LogP contribution >= 0.6 is 0 Å². The SMILES string of the molecule is CCCCCCCCCCCCCCO.CCCCCCCCCCCCO. The van der Waals surface area contributed by atoms with Gasteiger partial charge in [0.2, 0.25) is 0 Å². The highest BCUT2D eigenvalue weighted by Gasteiger charge is 1.93. The molecule has 0 bridgehead atoms. The van der Waals surface area contributed by atoms with E-state index in [1.807, 2.05) is 0 Å². The van der Waals surface area contributed by atoms with Crippen LogP contribution in [-0.2, 0) is 0 Å². The van der Waals surface area contributed by atoms with Gasteiger partial charge in [-0.25, -0.2) is 0 Å². The van der Waals surface area contributed by atoms with Gasteiger partial charge in [-0.1, -0.05) is 142 Å². The summed E-state index contributed by atoms with van der Waals surface area (Å²) in [5.41, 5.74) is 0. The van der Waals surface area contributed by atoms with Gasteiger partial charge >= 0.3 is 0 Å². The number of hydrogen-bond acceptors (Lipinski definition) is 2. The molecule has 0 atom stereocenters. The van der Waals surface area contributed by atoms with Crippen molar-refractivity contribution in [1.29, 1.82) is 0 Å². The number of aliphatic hydroxyl groups excluding tert-OH is 2. The third-order valence-corrected chi connectivity index (χ3v) is 5.52. The zero-order valence-corrected chi connectivity index (χ0v) is 19.9. The van der Waals surface area contributed by atoms with E-state index >= 15 is 0 Å². The lowest BCUT2D eigenvalue weighted by Gasteiger charge is -2.01. The summed E-state index contributed by atoms with van der Waals surface area (Å²) in [6.45, 7) is 5.27. The maximum Gasteiger partial charge on any atom is 0.0431 e. The van der Waals surface area contributed by atoms with E-state index < -0.39 is 0 Å². The van der Waals surface area contributed by atoms with Gasteiger partial charge in [-0.15, -0.1) is 0 Å². The van der Waals surface area contributed by atoms with Crippen LogP contribution in [0.2, 0.25) is 0 Å². The molecule has 2 nitrogen and oxygen atoms in total. The maximum atomic E-state index is 8.61. The predicted molar refractivity (Wildman–Crippen MR) is 127 cm³/mol. The van der Waals surface area contributed by atoms with Crippen molar-refractivity contribution in [2.75, 3.05) is 13.2 Å². The van der Waals surface area contributed by atoms with Gasteiger partial charge in [0, 0.05) is 13.2 Å². The Kier molecular flexibility index (Phi) is 34.0. The molecule has 0 aliphatic carbocycles. The molecule has 28 heavy (non-hydrogen) atoms. The quantitative estimate of drug-likeness (QED) is 0.179. The molecular weight excluding hydrogens is 344 g/mol. The summed E-state index contributed by atoms with van der Waals surface area (Å²) in [5.74, 6) is 0. The zero-order valence-electron chi connectivity index (χ0n) is 19.9. The largest absolute Gasteiger partial charge is 0.396 e. The van der Waals surface area contributed by atoms with Crippen molar-refractivity contribution in [2.45, 2.75) is 155 Å². The number of aliphatic hydroxyl groups is 2. The molecule has 0 aromatic heterocycles. The summed E-state index contributed by atoms with van der Waals surface area (Å²) < 4.78 is 0. The monoisotopic (exact) mass is 400 g/mol. The van der Waals surface area contributed by atoms with Crippen molar-refractivity contribution in [1.82, 2.24) is 0 Å². The molecule has 2 N–H and O–H groups in total. The van der Waals surface area contributed by atoms with E-state index in [1.165, 1.54) is 128 Å². The molecule has 0 heterocycles. The summed E-state index contributed by atoms with van der Waals surface area (Å²) in [4.78, 5) is 0. The first-order chi connectivity index (χ1) is 13.8. The van der Waals surface area contributed by atoms with Crippen LogP contribution in [0.5, 0.6) is 0 Å². The van der Waals surface area contributed by atoms with Crippen molar-refractivity contribution < 1.29 is 10.2 Å². The molecule has 0 aliphatic rings. The molecule has 0 aromatic rings. The van der Waals surface area contributed by atoms with Crippen LogP contribution in [0.4, 0.5) is 0 Å². The molecule has 172 valence electrons. The minimum Gasteiger partial charge on any atom is -0.396 e. The Morgan fingerprint density at radius 2 is 0.464 bits per heavy atom. The first-order valence-corrected chi connectivity index (χ1v) is 13.0. The normalized spacial score (nSPS) is 10.7. The minimum atomic E-state index is 0.372. The molecule has 0 aromatic carbocycles. The summed E-state index contributed by atoms with van der Waals surface area (Å²) in [5, 5.41) is 17.2. The van der Waals surface area contributed by atoms with Gasteiger partial charge in [0.25, 0.3) is 0 Å². The average Bonchev–Trinajstić information content (AvgIpc) is 2.71. The van der Waals surface area contributed by atoms with Gasteiger partial charge in [-0.3, -0.25) is 0 Å². The standard InChI is InChI=1S/C14H30O.C12H26O/c1-2-3-4-5-6-7-8-9-10-11-12-13-14-15;1-2-3-4-5-6-7-8-9-10-11-12-13/h15H,2-14H2,1H3;13H,2-12H2,1H3. The molecular formula is C26H56O2. The van der Waals surface area contributed by atoms with Crippen molar-refractivity contribution in [2.24, 2.45) is 0 Å². The van der Waals surface area contributed by atoms with Crippen LogP contribution in [0, 0.1) is 0 Å².